The van der Waals surface area contributed by atoms with Crippen molar-refractivity contribution in [3.63, 3.8) is 0 Å². The van der Waals surface area contributed by atoms with Gasteiger partial charge in [-0.25, -0.2) is 0 Å². The number of rotatable bonds is 2. The Balaban J connectivity index is 0.000000845. The van der Waals surface area contributed by atoms with Crippen LogP contribution in [-0.2, 0) is 0 Å². The Morgan fingerprint density at radius 3 is 2.69 bits per heavy atom. The van der Waals surface area contributed by atoms with Gasteiger partial charge in [-0.3, -0.25) is 0 Å². The summed E-state index contributed by atoms with van der Waals surface area (Å²) in [6.45, 7) is 0. The zero-order valence-electron chi connectivity index (χ0n) is 7.57. The SMILES string of the molecule is COc1cccc(C2C[C@H]2N)c1.Cl. The summed E-state index contributed by atoms with van der Waals surface area (Å²) in [6.07, 6.45) is 1.12. The molecule has 2 N–H and O–H groups in total. The third-order valence-corrected chi connectivity index (χ3v) is 2.36. The highest BCUT2D eigenvalue weighted by Crippen LogP contribution is 2.39. The van der Waals surface area contributed by atoms with Crippen molar-refractivity contribution in [2.45, 2.75) is 18.4 Å². The summed E-state index contributed by atoms with van der Waals surface area (Å²) in [6, 6.07) is 8.52. The smallest absolute Gasteiger partial charge is 0.119 e. The first-order valence-corrected chi connectivity index (χ1v) is 4.21. The van der Waals surface area contributed by atoms with Gasteiger partial charge in [0.1, 0.15) is 5.75 Å². The van der Waals surface area contributed by atoms with Gasteiger partial charge in [0.25, 0.3) is 0 Å². The second kappa shape index (κ2) is 3.99. The van der Waals surface area contributed by atoms with Gasteiger partial charge < -0.3 is 10.5 Å². The molecule has 1 aromatic carbocycles. The van der Waals surface area contributed by atoms with E-state index in [2.05, 4.69) is 12.1 Å². The molecule has 0 aromatic heterocycles. The lowest BCUT2D eigenvalue weighted by molar-refractivity contribution is 0.414. The van der Waals surface area contributed by atoms with Crippen molar-refractivity contribution in [1.82, 2.24) is 0 Å². The Labute approximate surface area is 84.5 Å². The lowest BCUT2D eigenvalue weighted by atomic mass is 10.1. The molecule has 0 amide bonds. The third-order valence-electron chi connectivity index (χ3n) is 2.36. The quantitative estimate of drug-likeness (QED) is 0.790. The highest BCUT2D eigenvalue weighted by molar-refractivity contribution is 5.85. The van der Waals surface area contributed by atoms with E-state index in [9.17, 15) is 0 Å². The number of halogens is 1. The average Bonchev–Trinajstić information content (AvgIpc) is 2.83. The van der Waals surface area contributed by atoms with Crippen LogP contribution in [0.3, 0.4) is 0 Å². The predicted molar refractivity (Wildman–Crippen MR) is 55.6 cm³/mol. The minimum absolute atomic E-state index is 0. The average molecular weight is 200 g/mol. The fourth-order valence-electron chi connectivity index (χ4n) is 1.47. The second-order valence-electron chi connectivity index (χ2n) is 3.28. The Bertz CT molecular complexity index is 290. The Morgan fingerprint density at radius 2 is 2.15 bits per heavy atom. The molecule has 0 heterocycles. The molecule has 1 aromatic rings. The van der Waals surface area contributed by atoms with Gasteiger partial charge in [0.15, 0.2) is 0 Å². The molecule has 0 aliphatic heterocycles. The molecule has 2 nitrogen and oxygen atoms in total. The molecule has 0 radical (unpaired) electrons. The van der Waals surface area contributed by atoms with Crippen molar-refractivity contribution in [3.8, 4) is 5.75 Å². The molecule has 13 heavy (non-hydrogen) atoms. The van der Waals surface area contributed by atoms with Crippen LogP contribution in [0.2, 0.25) is 0 Å². The van der Waals surface area contributed by atoms with Crippen LogP contribution >= 0.6 is 12.4 Å². The van der Waals surface area contributed by atoms with Crippen LogP contribution in [0.5, 0.6) is 5.75 Å². The molecule has 1 fully saturated rings. The summed E-state index contributed by atoms with van der Waals surface area (Å²) in [5.74, 6) is 1.49. The van der Waals surface area contributed by atoms with Crippen LogP contribution in [0.25, 0.3) is 0 Å². The van der Waals surface area contributed by atoms with E-state index in [1.165, 1.54) is 5.56 Å². The largest absolute Gasteiger partial charge is 0.497 e. The molecule has 0 spiro atoms. The number of nitrogens with two attached hydrogens (primary N) is 1. The summed E-state index contributed by atoms with van der Waals surface area (Å²) >= 11 is 0. The maximum absolute atomic E-state index is 5.75. The van der Waals surface area contributed by atoms with E-state index in [1.54, 1.807) is 7.11 Å². The van der Waals surface area contributed by atoms with E-state index >= 15 is 0 Å². The normalized spacial score (nSPS) is 24.8. The van der Waals surface area contributed by atoms with Crippen molar-refractivity contribution in [3.05, 3.63) is 29.8 Å². The Kier molecular flexibility index (Phi) is 3.17. The number of benzene rings is 1. The van der Waals surface area contributed by atoms with Crippen molar-refractivity contribution < 1.29 is 4.74 Å². The van der Waals surface area contributed by atoms with Gasteiger partial charge in [-0.1, -0.05) is 12.1 Å². The van der Waals surface area contributed by atoms with Crippen LogP contribution in [0, 0.1) is 0 Å². The summed E-state index contributed by atoms with van der Waals surface area (Å²) in [7, 11) is 1.69. The molecular formula is C10H14ClNO. The highest BCUT2D eigenvalue weighted by Gasteiger charge is 2.34. The van der Waals surface area contributed by atoms with E-state index in [1.807, 2.05) is 12.1 Å². The monoisotopic (exact) mass is 199 g/mol. The summed E-state index contributed by atoms with van der Waals surface area (Å²) in [5.41, 5.74) is 7.06. The molecule has 2 atom stereocenters. The lowest BCUT2D eigenvalue weighted by Gasteiger charge is -2.02. The maximum Gasteiger partial charge on any atom is 0.119 e. The van der Waals surface area contributed by atoms with Gasteiger partial charge in [0.2, 0.25) is 0 Å². The Hall–Kier alpha value is -0.730. The summed E-state index contributed by atoms with van der Waals surface area (Å²) < 4.78 is 5.13. The van der Waals surface area contributed by atoms with Crippen molar-refractivity contribution in [1.29, 1.82) is 0 Å². The lowest BCUT2D eigenvalue weighted by Crippen LogP contribution is -2.00. The summed E-state index contributed by atoms with van der Waals surface area (Å²) in [5, 5.41) is 0. The minimum atomic E-state index is 0. The van der Waals surface area contributed by atoms with Gasteiger partial charge >= 0.3 is 0 Å². The molecule has 0 saturated heterocycles. The maximum atomic E-state index is 5.75. The number of ether oxygens (including phenoxy) is 1. The Morgan fingerprint density at radius 1 is 1.46 bits per heavy atom. The zero-order valence-corrected chi connectivity index (χ0v) is 8.38. The number of hydrogen-bond acceptors (Lipinski definition) is 2. The molecule has 3 heteroatoms. The molecule has 2 rings (SSSR count). The molecule has 1 unspecified atom stereocenters. The van der Waals surface area contributed by atoms with E-state index in [-0.39, 0.29) is 12.4 Å². The molecular weight excluding hydrogens is 186 g/mol. The molecule has 0 bridgehead atoms. The van der Waals surface area contributed by atoms with Crippen LogP contribution in [-0.4, -0.2) is 13.2 Å². The molecule has 1 saturated carbocycles. The van der Waals surface area contributed by atoms with E-state index in [4.69, 9.17) is 10.5 Å². The van der Waals surface area contributed by atoms with Crippen LogP contribution < -0.4 is 10.5 Å². The van der Waals surface area contributed by atoms with Gasteiger partial charge in [0, 0.05) is 12.0 Å². The number of hydrogen-bond donors (Lipinski definition) is 1. The number of methoxy groups -OCH3 is 1. The zero-order chi connectivity index (χ0) is 8.55. The topological polar surface area (TPSA) is 35.2 Å². The van der Waals surface area contributed by atoms with E-state index in [0.29, 0.717) is 12.0 Å². The van der Waals surface area contributed by atoms with Crippen molar-refractivity contribution in [2.75, 3.05) is 7.11 Å². The molecule has 72 valence electrons. The summed E-state index contributed by atoms with van der Waals surface area (Å²) in [4.78, 5) is 0. The van der Waals surface area contributed by atoms with Crippen LogP contribution in [0.15, 0.2) is 24.3 Å². The van der Waals surface area contributed by atoms with Crippen molar-refractivity contribution >= 4 is 12.4 Å². The highest BCUT2D eigenvalue weighted by atomic mass is 35.5. The molecule has 1 aliphatic rings. The minimum Gasteiger partial charge on any atom is -0.497 e. The van der Waals surface area contributed by atoms with Gasteiger partial charge in [-0.05, 0) is 24.1 Å². The predicted octanol–water partition coefficient (Wildman–Crippen LogP) is 1.93. The molecule has 1 aliphatic carbocycles. The fraction of sp³-hybridized carbons (Fsp3) is 0.400. The third kappa shape index (κ3) is 2.14. The van der Waals surface area contributed by atoms with E-state index in [0.717, 1.165) is 12.2 Å². The first kappa shape index (κ1) is 10.4. The van der Waals surface area contributed by atoms with E-state index < -0.39 is 0 Å². The van der Waals surface area contributed by atoms with Crippen LogP contribution in [0.1, 0.15) is 17.9 Å². The fourth-order valence-corrected chi connectivity index (χ4v) is 1.47. The van der Waals surface area contributed by atoms with Crippen molar-refractivity contribution in [2.24, 2.45) is 5.73 Å². The first-order chi connectivity index (χ1) is 5.81. The van der Waals surface area contributed by atoms with Gasteiger partial charge in [0.05, 0.1) is 7.11 Å². The van der Waals surface area contributed by atoms with Gasteiger partial charge in [-0.2, -0.15) is 0 Å². The van der Waals surface area contributed by atoms with Gasteiger partial charge in [-0.15, -0.1) is 12.4 Å². The second-order valence-corrected chi connectivity index (χ2v) is 3.28. The van der Waals surface area contributed by atoms with Crippen LogP contribution in [0.4, 0.5) is 0 Å². The standard InChI is InChI=1S/C10H13NO.ClH/c1-12-8-4-2-3-7(5-8)9-6-10(9)11;/h2-5,9-10H,6,11H2,1H3;1H/t9?,10-;/m1./s1. The first-order valence-electron chi connectivity index (χ1n) is 4.21.